The van der Waals surface area contributed by atoms with E-state index in [4.69, 9.17) is 9.47 Å². The number of aryl methyl sites for hydroxylation is 2. The fourth-order valence-corrected chi connectivity index (χ4v) is 3.10. The van der Waals surface area contributed by atoms with E-state index in [2.05, 4.69) is 23.0 Å². The minimum absolute atomic E-state index is 0.250. The minimum atomic E-state index is -0.471. The molecular weight excluding hydrogens is 392 g/mol. The molecule has 3 aromatic rings. The van der Waals surface area contributed by atoms with E-state index in [9.17, 15) is 9.59 Å². The smallest absolute Gasteiger partial charge is 0.276 e. The Labute approximate surface area is 182 Å². The Morgan fingerprint density at radius 2 is 1.39 bits per heavy atom. The molecule has 0 unspecified atom stereocenters. The van der Waals surface area contributed by atoms with Gasteiger partial charge in [-0.25, -0.2) is 0 Å². The fourth-order valence-electron chi connectivity index (χ4n) is 3.10. The Morgan fingerprint density at radius 3 is 2.13 bits per heavy atom. The molecule has 0 spiro atoms. The van der Waals surface area contributed by atoms with Crippen LogP contribution in [-0.2, 0) is 17.6 Å². The maximum absolute atomic E-state index is 12.6. The number of hydrazine groups is 1. The normalized spacial score (nSPS) is 10.2. The molecule has 0 saturated heterocycles. The number of carbonyl (C=O) groups is 2. The summed E-state index contributed by atoms with van der Waals surface area (Å²) in [5, 5.41) is 0. The van der Waals surface area contributed by atoms with Crippen LogP contribution in [0.15, 0.2) is 78.9 Å². The molecule has 0 aliphatic rings. The van der Waals surface area contributed by atoms with Gasteiger partial charge in [-0.1, -0.05) is 60.7 Å². The number of rotatable bonds is 9. The molecule has 2 amide bonds. The van der Waals surface area contributed by atoms with E-state index in [1.165, 1.54) is 5.56 Å². The summed E-state index contributed by atoms with van der Waals surface area (Å²) in [6, 6.07) is 24.6. The molecule has 3 rings (SSSR count). The van der Waals surface area contributed by atoms with Crippen LogP contribution in [0.2, 0.25) is 0 Å². The maximum atomic E-state index is 12.6. The number of para-hydroxylation sites is 2. The van der Waals surface area contributed by atoms with Gasteiger partial charge in [0.15, 0.2) is 18.1 Å². The van der Waals surface area contributed by atoms with Crippen LogP contribution in [0.25, 0.3) is 0 Å². The highest BCUT2D eigenvalue weighted by molar-refractivity contribution is 5.96. The lowest BCUT2D eigenvalue weighted by Crippen LogP contribution is -2.44. The van der Waals surface area contributed by atoms with Gasteiger partial charge >= 0.3 is 0 Å². The van der Waals surface area contributed by atoms with E-state index in [1.807, 2.05) is 43.3 Å². The third-order valence-corrected chi connectivity index (χ3v) is 4.61. The van der Waals surface area contributed by atoms with Gasteiger partial charge in [0.25, 0.3) is 11.8 Å². The number of amides is 2. The van der Waals surface area contributed by atoms with Crippen molar-refractivity contribution in [2.75, 3.05) is 13.2 Å². The second kappa shape index (κ2) is 11.4. The van der Waals surface area contributed by atoms with Crippen molar-refractivity contribution in [2.24, 2.45) is 0 Å². The molecule has 6 heteroatoms. The summed E-state index contributed by atoms with van der Waals surface area (Å²) in [7, 11) is 0. The number of ether oxygens (including phenoxy) is 2. The maximum Gasteiger partial charge on any atom is 0.276 e. The minimum Gasteiger partial charge on any atom is -0.490 e. The third kappa shape index (κ3) is 6.60. The third-order valence-electron chi connectivity index (χ3n) is 4.61. The highest BCUT2D eigenvalue weighted by Crippen LogP contribution is 2.26. The molecule has 0 aliphatic carbocycles. The number of hydrogen-bond donors (Lipinski definition) is 2. The highest BCUT2D eigenvalue weighted by Gasteiger charge is 2.13. The first-order valence-corrected chi connectivity index (χ1v) is 10.2. The van der Waals surface area contributed by atoms with E-state index in [1.54, 1.807) is 30.3 Å². The molecule has 0 radical (unpaired) electrons. The quantitative estimate of drug-likeness (QED) is 0.520. The van der Waals surface area contributed by atoms with Crippen molar-refractivity contribution in [2.45, 2.75) is 19.8 Å². The molecular formula is C25H26N2O4. The first kappa shape index (κ1) is 21.9. The van der Waals surface area contributed by atoms with E-state index in [0.29, 0.717) is 23.7 Å². The summed E-state index contributed by atoms with van der Waals surface area (Å²) >= 11 is 0. The molecule has 160 valence electrons. The first-order chi connectivity index (χ1) is 15.2. The molecule has 31 heavy (non-hydrogen) atoms. The van der Waals surface area contributed by atoms with Gasteiger partial charge in [-0.2, -0.15) is 0 Å². The molecule has 0 aromatic heterocycles. The lowest BCUT2D eigenvalue weighted by molar-refractivity contribution is -0.123. The van der Waals surface area contributed by atoms with Gasteiger partial charge in [0.2, 0.25) is 0 Å². The predicted molar refractivity (Wildman–Crippen MR) is 119 cm³/mol. The molecule has 6 nitrogen and oxygen atoms in total. The fraction of sp³-hybridized carbons (Fsp3) is 0.200. The van der Waals surface area contributed by atoms with Crippen molar-refractivity contribution in [3.8, 4) is 11.5 Å². The molecule has 0 saturated carbocycles. The van der Waals surface area contributed by atoms with Gasteiger partial charge < -0.3 is 9.47 Å². The largest absolute Gasteiger partial charge is 0.490 e. The summed E-state index contributed by atoms with van der Waals surface area (Å²) < 4.78 is 11.0. The molecule has 0 bridgehead atoms. The van der Waals surface area contributed by atoms with Crippen molar-refractivity contribution in [3.05, 3.63) is 95.6 Å². The Morgan fingerprint density at radius 1 is 0.742 bits per heavy atom. The Kier molecular flexibility index (Phi) is 8.05. The highest BCUT2D eigenvalue weighted by atomic mass is 16.5. The van der Waals surface area contributed by atoms with Gasteiger partial charge in [0, 0.05) is 5.56 Å². The van der Waals surface area contributed by atoms with E-state index in [0.717, 1.165) is 18.4 Å². The van der Waals surface area contributed by atoms with Crippen molar-refractivity contribution in [3.63, 3.8) is 0 Å². The number of benzene rings is 3. The summed E-state index contributed by atoms with van der Waals surface area (Å²) in [4.78, 5) is 24.7. The van der Waals surface area contributed by atoms with Crippen molar-refractivity contribution in [1.82, 2.24) is 10.9 Å². The van der Waals surface area contributed by atoms with Crippen LogP contribution in [0.1, 0.15) is 28.4 Å². The zero-order chi connectivity index (χ0) is 21.9. The predicted octanol–water partition coefficient (Wildman–Crippen LogP) is 3.71. The van der Waals surface area contributed by atoms with Gasteiger partial charge in [-0.15, -0.1) is 0 Å². The standard InChI is InChI=1S/C25H26N2O4/c1-2-30-22-14-8-9-15-23(22)31-18-24(28)26-27-25(29)21-13-7-6-12-20(21)17-16-19-10-4-3-5-11-19/h3-15H,2,16-18H2,1H3,(H,26,28)(H,27,29). The topological polar surface area (TPSA) is 76.7 Å². The Hall–Kier alpha value is -3.80. The molecule has 0 aliphatic heterocycles. The van der Waals surface area contributed by atoms with Crippen molar-refractivity contribution >= 4 is 11.8 Å². The average Bonchev–Trinajstić information content (AvgIpc) is 2.81. The van der Waals surface area contributed by atoms with Gasteiger partial charge in [-0.05, 0) is 49.1 Å². The Bertz CT molecular complexity index is 1010. The van der Waals surface area contributed by atoms with Crippen LogP contribution in [0.3, 0.4) is 0 Å². The van der Waals surface area contributed by atoms with Crippen LogP contribution < -0.4 is 20.3 Å². The summed E-state index contributed by atoms with van der Waals surface area (Å²) in [5.41, 5.74) is 7.51. The summed E-state index contributed by atoms with van der Waals surface area (Å²) in [5.74, 6) is 0.194. The Balaban J connectivity index is 1.52. The lowest BCUT2D eigenvalue weighted by Gasteiger charge is -2.13. The van der Waals surface area contributed by atoms with Crippen LogP contribution in [0.4, 0.5) is 0 Å². The second-order valence-electron chi connectivity index (χ2n) is 6.81. The van der Waals surface area contributed by atoms with Crippen LogP contribution in [0.5, 0.6) is 11.5 Å². The average molecular weight is 418 g/mol. The zero-order valence-corrected chi connectivity index (χ0v) is 17.5. The molecule has 0 atom stereocenters. The van der Waals surface area contributed by atoms with Gasteiger partial charge in [0.1, 0.15) is 0 Å². The van der Waals surface area contributed by atoms with Crippen LogP contribution in [-0.4, -0.2) is 25.0 Å². The summed E-state index contributed by atoms with van der Waals surface area (Å²) in [6.07, 6.45) is 1.55. The SMILES string of the molecule is CCOc1ccccc1OCC(=O)NNC(=O)c1ccccc1CCc1ccccc1. The molecule has 0 fully saturated rings. The number of nitrogens with one attached hydrogen (secondary N) is 2. The van der Waals surface area contributed by atoms with Crippen LogP contribution in [0, 0.1) is 0 Å². The second-order valence-corrected chi connectivity index (χ2v) is 6.81. The molecule has 3 aromatic carbocycles. The lowest BCUT2D eigenvalue weighted by atomic mass is 9.99. The van der Waals surface area contributed by atoms with Gasteiger partial charge in [-0.3, -0.25) is 20.4 Å². The monoisotopic (exact) mass is 418 g/mol. The van der Waals surface area contributed by atoms with Crippen molar-refractivity contribution in [1.29, 1.82) is 0 Å². The van der Waals surface area contributed by atoms with E-state index < -0.39 is 5.91 Å². The summed E-state index contributed by atoms with van der Waals surface area (Å²) in [6.45, 7) is 2.11. The van der Waals surface area contributed by atoms with E-state index >= 15 is 0 Å². The van der Waals surface area contributed by atoms with Crippen molar-refractivity contribution < 1.29 is 19.1 Å². The zero-order valence-electron chi connectivity index (χ0n) is 17.5. The van der Waals surface area contributed by atoms with E-state index in [-0.39, 0.29) is 12.5 Å². The number of carbonyl (C=O) groups excluding carboxylic acids is 2. The first-order valence-electron chi connectivity index (χ1n) is 10.2. The van der Waals surface area contributed by atoms with Gasteiger partial charge in [0.05, 0.1) is 6.61 Å². The van der Waals surface area contributed by atoms with Crippen LogP contribution >= 0.6 is 0 Å². The molecule has 0 heterocycles. The molecule has 2 N–H and O–H groups in total. The number of hydrogen-bond acceptors (Lipinski definition) is 4.